The van der Waals surface area contributed by atoms with Crippen molar-refractivity contribution in [2.45, 2.75) is 0 Å². The Morgan fingerprint density at radius 2 is 0.873 bits per heavy atom. The van der Waals surface area contributed by atoms with E-state index in [0.717, 1.165) is 88.5 Å². The molecule has 0 N–H and O–H groups in total. The number of para-hydroxylation sites is 2. The highest BCUT2D eigenvalue weighted by Gasteiger charge is 2.21. The van der Waals surface area contributed by atoms with E-state index >= 15 is 0 Å². The number of rotatable bonds is 6. The summed E-state index contributed by atoms with van der Waals surface area (Å²) in [5, 5.41) is 6.49. The highest BCUT2D eigenvalue weighted by molar-refractivity contribution is 6.15. The highest BCUT2D eigenvalue weighted by atomic mass is 16.3. The summed E-state index contributed by atoms with van der Waals surface area (Å²) in [5.41, 5.74) is 13.7. The molecule has 13 rings (SSSR count). The van der Waals surface area contributed by atoms with Crippen molar-refractivity contribution in [1.29, 1.82) is 0 Å². The van der Waals surface area contributed by atoms with Gasteiger partial charge in [-0.3, -0.25) is 0 Å². The highest BCUT2D eigenvalue weighted by Crippen LogP contribution is 2.42. The summed E-state index contributed by atoms with van der Waals surface area (Å²) in [4.78, 5) is 15.5. The zero-order valence-corrected chi connectivity index (χ0v) is 33.7. The molecule has 0 aliphatic carbocycles. The van der Waals surface area contributed by atoms with Crippen LogP contribution in [0.2, 0.25) is 0 Å². The summed E-state index contributed by atoms with van der Waals surface area (Å²) >= 11 is 0. The third-order valence-electron chi connectivity index (χ3n) is 12.3. The Balaban J connectivity index is 0.969. The molecule has 6 heteroatoms. The molecule has 0 bridgehead atoms. The van der Waals surface area contributed by atoms with Crippen molar-refractivity contribution in [3.05, 3.63) is 206 Å². The number of benzene rings is 9. The molecule has 63 heavy (non-hydrogen) atoms. The van der Waals surface area contributed by atoms with Gasteiger partial charge in [0.15, 0.2) is 17.5 Å². The first-order valence-electron chi connectivity index (χ1n) is 21.1. The largest absolute Gasteiger partial charge is 0.456 e. The molecule has 0 saturated carbocycles. The van der Waals surface area contributed by atoms with E-state index in [1.165, 1.54) is 21.8 Å². The van der Waals surface area contributed by atoms with Crippen molar-refractivity contribution in [2.24, 2.45) is 0 Å². The predicted molar refractivity (Wildman–Crippen MR) is 256 cm³/mol. The van der Waals surface area contributed by atoms with Crippen LogP contribution in [0, 0.1) is 0 Å². The van der Waals surface area contributed by atoms with E-state index in [4.69, 9.17) is 23.8 Å². The topological polar surface area (TPSA) is 69.9 Å². The molecule has 0 saturated heterocycles. The van der Waals surface area contributed by atoms with Crippen LogP contribution in [0.4, 0.5) is 0 Å². The van der Waals surface area contributed by atoms with Gasteiger partial charge in [0.05, 0.1) is 11.0 Å². The molecule has 13 aromatic rings. The van der Waals surface area contributed by atoms with Crippen LogP contribution in [0.5, 0.6) is 0 Å². The van der Waals surface area contributed by atoms with Crippen LogP contribution in [0.25, 0.3) is 128 Å². The number of fused-ring (bicyclic) bond motifs is 9. The number of hydrogen-bond donors (Lipinski definition) is 0. The van der Waals surface area contributed by atoms with Gasteiger partial charge < -0.3 is 13.4 Å². The first-order chi connectivity index (χ1) is 31.2. The fraction of sp³-hybridized carbons (Fsp3) is 0. The van der Waals surface area contributed by atoms with E-state index < -0.39 is 0 Å². The van der Waals surface area contributed by atoms with Gasteiger partial charge in [0.2, 0.25) is 0 Å². The predicted octanol–water partition coefficient (Wildman–Crippen LogP) is 15.1. The summed E-state index contributed by atoms with van der Waals surface area (Å²) in [6.45, 7) is 0. The molecule has 0 radical (unpaired) electrons. The van der Waals surface area contributed by atoms with E-state index in [0.29, 0.717) is 17.5 Å². The average Bonchev–Trinajstić information content (AvgIpc) is 4.03. The number of furan rings is 2. The first kappa shape index (κ1) is 35.2. The molecule has 6 nitrogen and oxygen atoms in total. The fourth-order valence-electron chi connectivity index (χ4n) is 9.37. The lowest BCUT2D eigenvalue weighted by Crippen LogP contribution is -2.00. The van der Waals surface area contributed by atoms with Gasteiger partial charge in [-0.25, -0.2) is 15.0 Å². The van der Waals surface area contributed by atoms with Gasteiger partial charge in [-0.05, 0) is 89.0 Å². The number of aromatic nitrogens is 4. The Bertz CT molecular complexity index is 3900. The minimum absolute atomic E-state index is 0.554. The molecule has 294 valence electrons. The molecular weight excluding hydrogens is 773 g/mol. The van der Waals surface area contributed by atoms with Crippen LogP contribution in [0.3, 0.4) is 0 Å². The van der Waals surface area contributed by atoms with Crippen molar-refractivity contribution in [1.82, 2.24) is 19.5 Å². The van der Waals surface area contributed by atoms with Crippen molar-refractivity contribution in [2.75, 3.05) is 0 Å². The van der Waals surface area contributed by atoms with Crippen LogP contribution < -0.4 is 0 Å². The first-order valence-corrected chi connectivity index (χ1v) is 21.1. The third-order valence-corrected chi connectivity index (χ3v) is 12.3. The van der Waals surface area contributed by atoms with Gasteiger partial charge in [0.25, 0.3) is 0 Å². The Hall–Kier alpha value is -8.61. The third kappa shape index (κ3) is 5.69. The molecule has 9 aromatic carbocycles. The SMILES string of the molecule is c1ccc(-c2nc(-c3ccc4c(c3)oc3cccc(-c5ccccc5)c34)nc(-c3cccc4oc5ccc(-c6ccc7c(c6)c6ccccc6n7-c6ccccc6)cc5c34)n2)cc1. The van der Waals surface area contributed by atoms with E-state index in [2.05, 4.69) is 144 Å². The summed E-state index contributed by atoms with van der Waals surface area (Å²) in [7, 11) is 0. The number of hydrogen-bond acceptors (Lipinski definition) is 5. The lowest BCUT2D eigenvalue weighted by atomic mass is 9.99. The summed E-state index contributed by atoms with van der Waals surface area (Å²) in [6.07, 6.45) is 0. The zero-order chi connectivity index (χ0) is 41.4. The van der Waals surface area contributed by atoms with Crippen molar-refractivity contribution in [3.8, 4) is 62.1 Å². The minimum atomic E-state index is 0.554. The summed E-state index contributed by atoms with van der Waals surface area (Å²) in [5.74, 6) is 1.70. The van der Waals surface area contributed by atoms with Gasteiger partial charge in [-0.15, -0.1) is 0 Å². The van der Waals surface area contributed by atoms with Crippen LogP contribution >= 0.6 is 0 Å². The van der Waals surface area contributed by atoms with Gasteiger partial charge in [-0.1, -0.05) is 140 Å². The fourth-order valence-corrected chi connectivity index (χ4v) is 9.37. The lowest BCUT2D eigenvalue weighted by Gasteiger charge is -2.10. The Labute approximate surface area is 361 Å². The second-order valence-electron chi connectivity index (χ2n) is 15.9. The monoisotopic (exact) mass is 806 g/mol. The maximum atomic E-state index is 6.55. The maximum Gasteiger partial charge on any atom is 0.164 e. The Kier molecular flexibility index (Phi) is 7.80. The zero-order valence-electron chi connectivity index (χ0n) is 33.7. The second kappa shape index (κ2) is 14.0. The van der Waals surface area contributed by atoms with Gasteiger partial charge in [0, 0.05) is 54.7 Å². The van der Waals surface area contributed by atoms with E-state index in [1.807, 2.05) is 66.7 Å². The molecular formula is C57H34N4O2. The Morgan fingerprint density at radius 1 is 0.302 bits per heavy atom. The summed E-state index contributed by atoms with van der Waals surface area (Å²) < 4.78 is 15.4. The molecule has 4 aromatic heterocycles. The molecule has 0 spiro atoms. The molecule has 0 aliphatic heterocycles. The van der Waals surface area contributed by atoms with Crippen LogP contribution in [-0.4, -0.2) is 19.5 Å². The average molecular weight is 807 g/mol. The Morgan fingerprint density at radius 3 is 1.65 bits per heavy atom. The molecule has 0 fully saturated rings. The smallest absolute Gasteiger partial charge is 0.164 e. The van der Waals surface area contributed by atoms with Crippen LogP contribution in [0.1, 0.15) is 0 Å². The molecule has 0 aliphatic rings. The van der Waals surface area contributed by atoms with E-state index in [9.17, 15) is 0 Å². The minimum Gasteiger partial charge on any atom is -0.456 e. The molecule has 0 unspecified atom stereocenters. The molecule has 4 heterocycles. The van der Waals surface area contributed by atoms with Crippen molar-refractivity contribution >= 4 is 65.7 Å². The second-order valence-corrected chi connectivity index (χ2v) is 15.9. The summed E-state index contributed by atoms with van der Waals surface area (Å²) in [6, 6.07) is 71.5. The lowest BCUT2D eigenvalue weighted by molar-refractivity contribution is 0.668. The van der Waals surface area contributed by atoms with Crippen LogP contribution in [0.15, 0.2) is 215 Å². The van der Waals surface area contributed by atoms with Crippen LogP contribution in [-0.2, 0) is 0 Å². The quantitative estimate of drug-likeness (QED) is 0.167. The van der Waals surface area contributed by atoms with Gasteiger partial charge >= 0.3 is 0 Å². The molecule has 0 amide bonds. The molecule has 0 atom stereocenters. The van der Waals surface area contributed by atoms with Crippen molar-refractivity contribution < 1.29 is 8.83 Å². The normalized spacial score (nSPS) is 11.8. The standard InChI is InChI=1S/C57H34N4O2/c1-4-14-35(15-5-1)41-21-12-24-50-53(41)43-29-26-39(34-52(43)63-50)56-58-55(36-16-6-2-7-17-36)59-57(60-56)44-22-13-25-51-54(44)46-33-38(28-31-49(46)62-51)37-27-30-48-45(32-37)42-20-10-11-23-47(42)61(48)40-18-8-3-9-19-40/h1-34H. The van der Waals surface area contributed by atoms with E-state index in [-0.39, 0.29) is 0 Å². The maximum absolute atomic E-state index is 6.55. The van der Waals surface area contributed by atoms with Crippen molar-refractivity contribution in [3.63, 3.8) is 0 Å². The number of nitrogens with zero attached hydrogens (tertiary/aromatic N) is 4. The van der Waals surface area contributed by atoms with E-state index in [1.54, 1.807) is 0 Å². The van der Waals surface area contributed by atoms with Gasteiger partial charge in [0.1, 0.15) is 22.3 Å². The van der Waals surface area contributed by atoms with Gasteiger partial charge in [-0.2, -0.15) is 0 Å².